The van der Waals surface area contributed by atoms with Crippen LogP contribution in [0.15, 0.2) is 146 Å². The van der Waals surface area contributed by atoms with Crippen LogP contribution in [-0.4, -0.2) is 20.4 Å². The van der Waals surface area contributed by atoms with Gasteiger partial charge in [-0.15, -0.1) is 0 Å². The Morgan fingerprint density at radius 3 is 0.907 bits per heavy atom. The molecule has 0 bridgehead atoms. The summed E-state index contributed by atoms with van der Waals surface area (Å²) < 4.78 is 0. The van der Waals surface area contributed by atoms with E-state index in [9.17, 15) is 20.4 Å². The van der Waals surface area contributed by atoms with Gasteiger partial charge in [0, 0.05) is 11.3 Å². The van der Waals surface area contributed by atoms with Gasteiger partial charge in [-0.1, -0.05) is 97.1 Å². The zero-order chi connectivity index (χ0) is 30.0. The van der Waals surface area contributed by atoms with Crippen LogP contribution in [0.25, 0.3) is 11.1 Å². The molecule has 6 rings (SSSR count). The summed E-state index contributed by atoms with van der Waals surface area (Å²) in [5.74, 6) is 0.814. The van der Waals surface area contributed by atoms with E-state index < -0.39 is 5.41 Å². The van der Waals surface area contributed by atoms with Crippen molar-refractivity contribution in [1.82, 2.24) is 0 Å². The molecule has 0 amide bonds. The van der Waals surface area contributed by atoms with Crippen molar-refractivity contribution >= 4 is 0 Å². The van der Waals surface area contributed by atoms with Crippen LogP contribution < -0.4 is 0 Å². The molecule has 212 valence electrons. The maximum atomic E-state index is 9.91. The van der Waals surface area contributed by atoms with E-state index in [0.717, 1.165) is 44.5 Å². The Morgan fingerprint density at radius 2 is 0.581 bits per heavy atom. The molecule has 6 aromatic carbocycles. The van der Waals surface area contributed by atoms with Crippen molar-refractivity contribution in [2.24, 2.45) is 0 Å². The van der Waals surface area contributed by atoms with Crippen molar-refractivity contribution in [3.8, 4) is 34.1 Å². The van der Waals surface area contributed by atoms with Crippen molar-refractivity contribution < 1.29 is 20.4 Å². The number of aromatic hydroxyl groups is 4. The van der Waals surface area contributed by atoms with Gasteiger partial charge in [-0.2, -0.15) is 0 Å². The van der Waals surface area contributed by atoms with Crippen LogP contribution in [0.1, 0.15) is 46.2 Å². The Labute approximate surface area is 251 Å². The standard InChI is InChI=1S/C39H32O4/c1-39(32-14-22-36(42)23-15-32,33-16-24-37(43)25-17-33)31-12-6-27(7-13-31)26-2-4-28(5-3-26)38(29-8-18-34(40)19-9-29)30-10-20-35(41)21-11-30/h2-25,38,40-43H,1H3. The molecule has 43 heavy (non-hydrogen) atoms. The molecule has 0 saturated heterocycles. The summed E-state index contributed by atoms with van der Waals surface area (Å²) in [4.78, 5) is 0. The molecule has 0 aliphatic heterocycles. The Kier molecular flexibility index (Phi) is 7.35. The lowest BCUT2D eigenvalue weighted by atomic mass is 9.71. The molecule has 4 nitrogen and oxygen atoms in total. The predicted molar refractivity (Wildman–Crippen MR) is 171 cm³/mol. The molecular weight excluding hydrogens is 532 g/mol. The van der Waals surface area contributed by atoms with Gasteiger partial charge in [-0.05, 0) is 100.0 Å². The molecule has 0 spiro atoms. The minimum absolute atomic E-state index is 0.0612. The fourth-order valence-electron chi connectivity index (χ4n) is 5.86. The first-order chi connectivity index (χ1) is 20.8. The second-order valence-electron chi connectivity index (χ2n) is 11.0. The highest BCUT2D eigenvalue weighted by atomic mass is 16.3. The Hall–Kier alpha value is -5.48. The number of rotatable bonds is 7. The van der Waals surface area contributed by atoms with Crippen LogP contribution >= 0.6 is 0 Å². The quantitative estimate of drug-likeness (QED) is 0.146. The van der Waals surface area contributed by atoms with Crippen molar-refractivity contribution in [1.29, 1.82) is 0 Å². The van der Waals surface area contributed by atoms with E-state index in [2.05, 4.69) is 55.5 Å². The molecule has 0 saturated carbocycles. The van der Waals surface area contributed by atoms with E-state index in [1.54, 1.807) is 48.5 Å². The molecule has 0 unspecified atom stereocenters. The molecule has 4 N–H and O–H groups in total. The number of hydrogen-bond donors (Lipinski definition) is 4. The topological polar surface area (TPSA) is 80.9 Å². The molecule has 0 aliphatic rings. The van der Waals surface area contributed by atoms with Gasteiger partial charge in [0.1, 0.15) is 23.0 Å². The average molecular weight is 565 g/mol. The zero-order valence-electron chi connectivity index (χ0n) is 23.7. The summed E-state index contributed by atoms with van der Waals surface area (Å²) >= 11 is 0. The summed E-state index contributed by atoms with van der Waals surface area (Å²) in [7, 11) is 0. The van der Waals surface area contributed by atoms with Gasteiger partial charge in [0.25, 0.3) is 0 Å². The lowest BCUT2D eigenvalue weighted by molar-refractivity contribution is 0.473. The molecule has 4 heteroatoms. The first-order valence-corrected chi connectivity index (χ1v) is 14.2. The van der Waals surface area contributed by atoms with Crippen LogP contribution in [0.3, 0.4) is 0 Å². The van der Waals surface area contributed by atoms with Gasteiger partial charge in [0.15, 0.2) is 0 Å². The normalized spacial score (nSPS) is 11.5. The van der Waals surface area contributed by atoms with Crippen LogP contribution in [0.4, 0.5) is 0 Å². The zero-order valence-corrected chi connectivity index (χ0v) is 23.7. The van der Waals surface area contributed by atoms with Gasteiger partial charge >= 0.3 is 0 Å². The molecule has 0 fully saturated rings. The average Bonchev–Trinajstić information content (AvgIpc) is 3.04. The number of hydrogen-bond acceptors (Lipinski definition) is 4. The van der Waals surface area contributed by atoms with Gasteiger partial charge in [0.05, 0.1) is 0 Å². The molecule has 6 aromatic rings. The van der Waals surface area contributed by atoms with Crippen LogP contribution in [-0.2, 0) is 5.41 Å². The Balaban J connectivity index is 1.34. The van der Waals surface area contributed by atoms with Crippen LogP contribution in [0.5, 0.6) is 23.0 Å². The van der Waals surface area contributed by atoms with Crippen molar-refractivity contribution in [3.63, 3.8) is 0 Å². The first-order valence-electron chi connectivity index (χ1n) is 14.2. The molecule has 0 heterocycles. The molecule has 0 radical (unpaired) electrons. The third-order valence-corrected chi connectivity index (χ3v) is 8.38. The van der Waals surface area contributed by atoms with E-state index in [1.165, 1.54) is 0 Å². The van der Waals surface area contributed by atoms with E-state index in [-0.39, 0.29) is 28.9 Å². The smallest absolute Gasteiger partial charge is 0.115 e. The third-order valence-electron chi connectivity index (χ3n) is 8.38. The molecule has 0 aromatic heterocycles. The van der Waals surface area contributed by atoms with E-state index >= 15 is 0 Å². The lowest BCUT2D eigenvalue weighted by Gasteiger charge is -2.32. The third kappa shape index (κ3) is 5.55. The first kappa shape index (κ1) is 27.7. The van der Waals surface area contributed by atoms with Crippen LogP contribution in [0, 0.1) is 0 Å². The highest BCUT2D eigenvalue weighted by Gasteiger charge is 2.31. The fourth-order valence-corrected chi connectivity index (χ4v) is 5.86. The highest BCUT2D eigenvalue weighted by molar-refractivity contribution is 5.66. The highest BCUT2D eigenvalue weighted by Crippen LogP contribution is 2.41. The van der Waals surface area contributed by atoms with Crippen molar-refractivity contribution in [3.05, 3.63) is 179 Å². The maximum Gasteiger partial charge on any atom is 0.115 e. The summed E-state index contributed by atoms with van der Waals surface area (Å²) in [5, 5.41) is 39.5. The fraction of sp³-hybridized carbons (Fsp3) is 0.0769. The summed E-state index contributed by atoms with van der Waals surface area (Å²) in [6.07, 6.45) is 0. The second-order valence-corrected chi connectivity index (χ2v) is 11.0. The number of phenolic OH excluding ortho intramolecular Hbond substituents is 4. The monoisotopic (exact) mass is 564 g/mol. The predicted octanol–water partition coefficient (Wildman–Crippen LogP) is 8.71. The largest absolute Gasteiger partial charge is 0.508 e. The second kappa shape index (κ2) is 11.4. The lowest BCUT2D eigenvalue weighted by Crippen LogP contribution is -2.25. The number of benzene rings is 6. The molecular formula is C39H32O4. The maximum absolute atomic E-state index is 9.91. The van der Waals surface area contributed by atoms with Gasteiger partial charge in [-0.3, -0.25) is 0 Å². The van der Waals surface area contributed by atoms with Gasteiger partial charge in [-0.25, -0.2) is 0 Å². The van der Waals surface area contributed by atoms with E-state index in [0.29, 0.717) is 0 Å². The van der Waals surface area contributed by atoms with Gasteiger partial charge < -0.3 is 20.4 Å². The summed E-state index contributed by atoms with van der Waals surface area (Å²) in [5.41, 5.74) is 8.00. The Morgan fingerprint density at radius 1 is 0.349 bits per heavy atom. The van der Waals surface area contributed by atoms with Crippen molar-refractivity contribution in [2.45, 2.75) is 18.3 Å². The summed E-state index contributed by atoms with van der Waals surface area (Å²) in [6, 6.07) is 46.1. The van der Waals surface area contributed by atoms with E-state index in [4.69, 9.17) is 0 Å². The van der Waals surface area contributed by atoms with Gasteiger partial charge in [0.2, 0.25) is 0 Å². The summed E-state index contributed by atoms with van der Waals surface area (Å²) in [6.45, 7) is 2.16. The number of phenols is 4. The Bertz CT molecular complexity index is 1710. The molecule has 0 atom stereocenters. The van der Waals surface area contributed by atoms with Crippen LogP contribution in [0.2, 0.25) is 0 Å². The molecule has 0 aliphatic carbocycles. The van der Waals surface area contributed by atoms with Crippen molar-refractivity contribution in [2.75, 3.05) is 0 Å². The minimum atomic E-state index is -0.509. The van der Waals surface area contributed by atoms with E-state index in [1.807, 2.05) is 48.5 Å². The minimum Gasteiger partial charge on any atom is -0.508 e. The SMILES string of the molecule is CC(c1ccc(O)cc1)(c1ccc(O)cc1)c1ccc(-c2ccc(C(c3ccc(O)cc3)c3ccc(O)cc3)cc2)cc1.